The van der Waals surface area contributed by atoms with Crippen molar-refractivity contribution in [3.05, 3.63) is 59.9 Å². The zero-order valence-corrected chi connectivity index (χ0v) is 18.8. The van der Waals surface area contributed by atoms with E-state index in [2.05, 4.69) is 17.1 Å². The van der Waals surface area contributed by atoms with Gasteiger partial charge in [0.25, 0.3) is 5.91 Å². The predicted molar refractivity (Wildman–Crippen MR) is 124 cm³/mol. The van der Waals surface area contributed by atoms with Gasteiger partial charge in [-0.15, -0.1) is 0 Å². The molecule has 0 saturated heterocycles. The number of halogens is 1. The maximum atomic E-state index is 13.3. The van der Waals surface area contributed by atoms with Crippen LogP contribution in [0.2, 0.25) is 0 Å². The van der Waals surface area contributed by atoms with E-state index < -0.39 is 6.10 Å². The Kier molecular flexibility index (Phi) is 6.07. The average Bonchev–Trinajstić information content (AvgIpc) is 2.82. The van der Waals surface area contributed by atoms with Crippen molar-refractivity contribution in [2.45, 2.75) is 64.1 Å². The van der Waals surface area contributed by atoms with E-state index >= 15 is 0 Å². The number of carbonyl (C=O) groups is 1. The van der Waals surface area contributed by atoms with Crippen LogP contribution >= 0.6 is 0 Å². The van der Waals surface area contributed by atoms with Gasteiger partial charge in [-0.1, -0.05) is 37.6 Å². The van der Waals surface area contributed by atoms with Gasteiger partial charge in [0.15, 0.2) is 6.10 Å². The first-order valence-electron chi connectivity index (χ1n) is 12.1. The molecule has 2 saturated carbocycles. The molecule has 5 rings (SSSR count). The van der Waals surface area contributed by atoms with Gasteiger partial charge in [-0.05, 0) is 79.7 Å². The van der Waals surface area contributed by atoms with Gasteiger partial charge >= 0.3 is 0 Å². The molecule has 2 aromatic carbocycles. The molecule has 2 fully saturated rings. The van der Waals surface area contributed by atoms with Crippen LogP contribution in [0.3, 0.4) is 0 Å². The Morgan fingerprint density at radius 1 is 1.09 bits per heavy atom. The predicted octanol–water partition coefficient (Wildman–Crippen LogP) is 5.31. The fourth-order valence-corrected chi connectivity index (χ4v) is 6.03. The van der Waals surface area contributed by atoms with Crippen molar-refractivity contribution >= 4 is 11.6 Å². The quantitative estimate of drug-likeness (QED) is 0.690. The van der Waals surface area contributed by atoms with Crippen LogP contribution in [0, 0.1) is 23.6 Å². The van der Waals surface area contributed by atoms with Crippen LogP contribution in [0.15, 0.2) is 48.5 Å². The van der Waals surface area contributed by atoms with E-state index in [1.165, 1.54) is 44.2 Å². The van der Waals surface area contributed by atoms with Crippen molar-refractivity contribution in [2.24, 2.45) is 17.8 Å². The number of nitrogens with one attached hydrogen (secondary N) is 1. The summed E-state index contributed by atoms with van der Waals surface area (Å²) >= 11 is 0. The molecule has 3 aliphatic rings. The van der Waals surface area contributed by atoms with Crippen molar-refractivity contribution in [3.8, 4) is 5.75 Å². The third-order valence-electron chi connectivity index (χ3n) is 7.74. The zero-order chi connectivity index (χ0) is 22.1. The van der Waals surface area contributed by atoms with E-state index in [0.29, 0.717) is 19.0 Å². The number of anilines is 1. The maximum absolute atomic E-state index is 13.3. The second kappa shape index (κ2) is 9.13. The zero-order valence-electron chi connectivity index (χ0n) is 18.8. The Balaban J connectivity index is 1.29. The summed E-state index contributed by atoms with van der Waals surface area (Å²) in [5, 5.41) is 3.37. The fourth-order valence-electron chi connectivity index (χ4n) is 6.03. The first-order chi connectivity index (χ1) is 15.6. The molecule has 5 heteroatoms. The van der Waals surface area contributed by atoms with Gasteiger partial charge < -0.3 is 15.0 Å². The van der Waals surface area contributed by atoms with E-state index in [9.17, 15) is 9.18 Å². The molecule has 0 radical (unpaired) electrons. The van der Waals surface area contributed by atoms with Gasteiger partial charge in [0.05, 0.1) is 12.2 Å². The van der Waals surface area contributed by atoms with Crippen LogP contribution < -0.4 is 15.0 Å². The molecule has 4 nitrogen and oxygen atoms in total. The summed E-state index contributed by atoms with van der Waals surface area (Å²) in [5.74, 6) is 2.73. The number of rotatable bonds is 5. The van der Waals surface area contributed by atoms with Crippen molar-refractivity contribution in [1.29, 1.82) is 0 Å². The first kappa shape index (κ1) is 21.3. The molecule has 5 unspecified atom stereocenters. The van der Waals surface area contributed by atoms with Crippen molar-refractivity contribution < 1.29 is 13.9 Å². The largest absolute Gasteiger partial charge is 0.477 e. The molecule has 5 atom stereocenters. The molecule has 1 aliphatic heterocycles. The van der Waals surface area contributed by atoms with Gasteiger partial charge in [0.2, 0.25) is 0 Å². The minimum atomic E-state index is -0.548. The molecule has 2 bridgehead atoms. The van der Waals surface area contributed by atoms with Gasteiger partial charge in [-0.25, -0.2) is 4.39 Å². The summed E-state index contributed by atoms with van der Waals surface area (Å²) in [7, 11) is 0. The minimum Gasteiger partial charge on any atom is -0.477 e. The molecule has 170 valence electrons. The lowest BCUT2D eigenvalue weighted by atomic mass is 9.65. The summed E-state index contributed by atoms with van der Waals surface area (Å²) in [5.41, 5.74) is 1.98. The molecule has 32 heavy (non-hydrogen) atoms. The summed E-state index contributed by atoms with van der Waals surface area (Å²) < 4.78 is 19.5. The summed E-state index contributed by atoms with van der Waals surface area (Å²) in [4.78, 5) is 15.5. The second-order valence-corrected chi connectivity index (χ2v) is 9.88. The molecular weight excluding hydrogens is 403 g/mol. The third-order valence-corrected chi connectivity index (χ3v) is 7.74. The molecule has 1 N–H and O–H groups in total. The second-order valence-electron chi connectivity index (χ2n) is 9.88. The Bertz CT molecular complexity index is 947. The van der Waals surface area contributed by atoms with Crippen LogP contribution in [-0.2, 0) is 11.3 Å². The standard InChI is InChI=1S/C27H33FN2O2/c1-2-18-13-20-9-12-23(21(14-18)15-20)29-27(31)26-17-30(16-19-7-10-22(28)11-8-19)24-5-3-4-6-25(24)32-26/h3-8,10-11,18,20-21,23,26H,2,9,12-17H2,1H3,(H,29,31). The monoisotopic (exact) mass is 436 g/mol. The Labute approximate surface area is 190 Å². The number of para-hydroxylation sites is 2. The minimum absolute atomic E-state index is 0.00863. The number of ether oxygens (including phenoxy) is 1. The van der Waals surface area contributed by atoms with E-state index in [1.807, 2.05) is 24.3 Å². The van der Waals surface area contributed by atoms with Crippen molar-refractivity contribution in [2.75, 3.05) is 11.4 Å². The Hall–Kier alpha value is -2.56. The van der Waals surface area contributed by atoms with E-state index in [0.717, 1.165) is 35.3 Å². The highest BCUT2D eigenvalue weighted by Gasteiger charge is 2.39. The lowest BCUT2D eigenvalue weighted by Crippen LogP contribution is -2.54. The number of hydrogen-bond donors (Lipinski definition) is 1. The Morgan fingerprint density at radius 2 is 1.91 bits per heavy atom. The number of nitrogens with zero attached hydrogens (tertiary/aromatic N) is 1. The molecule has 2 aromatic rings. The maximum Gasteiger partial charge on any atom is 0.263 e. The number of benzene rings is 2. The SMILES string of the molecule is CCC1CC2CCC(NC(=O)C3CN(Cc4ccc(F)cc4)c4ccccc4O3)C(C1)C2. The number of amides is 1. The van der Waals surface area contributed by atoms with Crippen LogP contribution in [0.25, 0.3) is 0 Å². The molecule has 2 aliphatic carbocycles. The van der Waals surface area contributed by atoms with Gasteiger partial charge in [0, 0.05) is 12.6 Å². The first-order valence-corrected chi connectivity index (χ1v) is 12.1. The lowest BCUT2D eigenvalue weighted by molar-refractivity contribution is -0.129. The van der Waals surface area contributed by atoms with E-state index in [1.54, 1.807) is 12.1 Å². The summed E-state index contributed by atoms with van der Waals surface area (Å²) in [6, 6.07) is 14.7. The fraction of sp³-hybridized carbons (Fsp3) is 0.519. The van der Waals surface area contributed by atoms with E-state index in [4.69, 9.17) is 4.74 Å². The summed E-state index contributed by atoms with van der Waals surface area (Å²) in [6.45, 7) is 3.39. The third kappa shape index (κ3) is 4.48. The molecule has 0 spiro atoms. The lowest BCUT2D eigenvalue weighted by Gasteiger charge is -2.44. The topological polar surface area (TPSA) is 41.6 Å². The highest BCUT2D eigenvalue weighted by molar-refractivity contribution is 5.83. The highest BCUT2D eigenvalue weighted by atomic mass is 19.1. The van der Waals surface area contributed by atoms with Crippen LogP contribution in [0.4, 0.5) is 10.1 Å². The molecule has 1 amide bonds. The normalized spacial score (nSPS) is 29.1. The van der Waals surface area contributed by atoms with Crippen LogP contribution in [0.5, 0.6) is 5.75 Å². The number of fused-ring (bicyclic) bond motifs is 3. The molecular formula is C27H33FN2O2. The average molecular weight is 437 g/mol. The Morgan fingerprint density at radius 3 is 2.72 bits per heavy atom. The molecule has 1 heterocycles. The number of hydrogen-bond acceptors (Lipinski definition) is 3. The highest BCUT2D eigenvalue weighted by Crippen LogP contribution is 2.44. The van der Waals surface area contributed by atoms with Crippen molar-refractivity contribution in [1.82, 2.24) is 5.32 Å². The van der Waals surface area contributed by atoms with Crippen LogP contribution in [-0.4, -0.2) is 24.6 Å². The van der Waals surface area contributed by atoms with E-state index in [-0.39, 0.29) is 17.8 Å². The van der Waals surface area contributed by atoms with Gasteiger partial charge in [-0.2, -0.15) is 0 Å². The van der Waals surface area contributed by atoms with Crippen molar-refractivity contribution in [3.63, 3.8) is 0 Å². The van der Waals surface area contributed by atoms with Gasteiger partial charge in [0.1, 0.15) is 11.6 Å². The van der Waals surface area contributed by atoms with Crippen LogP contribution in [0.1, 0.15) is 51.0 Å². The number of carbonyl (C=O) groups excluding carboxylic acids is 1. The smallest absolute Gasteiger partial charge is 0.263 e. The summed E-state index contributed by atoms with van der Waals surface area (Å²) in [6.07, 6.45) is 6.87. The van der Waals surface area contributed by atoms with Gasteiger partial charge in [-0.3, -0.25) is 4.79 Å². The molecule has 0 aromatic heterocycles.